The Hall–Kier alpha value is -1.82. The summed E-state index contributed by atoms with van der Waals surface area (Å²) in [5, 5.41) is 14.5. The second kappa shape index (κ2) is 9.98. The molecule has 0 fully saturated rings. The lowest BCUT2D eigenvalue weighted by atomic mass is 9.78. The Morgan fingerprint density at radius 3 is 1.75 bits per heavy atom. The lowest BCUT2D eigenvalue weighted by Gasteiger charge is -2.34. The topological polar surface area (TPSA) is 73.4 Å². The average molecular weight is 464 g/mol. The first-order chi connectivity index (χ1) is 14.2. The molecule has 0 atom stereocenters. The van der Waals surface area contributed by atoms with Gasteiger partial charge >= 0.3 is 0 Å². The number of aromatic hydroxyl groups is 1. The molecule has 0 aliphatic heterocycles. The first-order valence-electron chi connectivity index (χ1n) is 11.5. The Morgan fingerprint density at radius 2 is 1.34 bits per heavy atom. The first kappa shape index (κ1) is 28.2. The molecule has 182 valence electrons. The smallest absolute Gasteiger partial charge is 0.238 e. The first-order valence-corrected chi connectivity index (χ1v) is 11.9. The van der Waals surface area contributed by atoms with Gasteiger partial charge in [0.15, 0.2) is 5.11 Å². The van der Waals surface area contributed by atoms with E-state index in [4.69, 9.17) is 12.2 Å². The fourth-order valence-corrected chi connectivity index (χ4v) is 4.46. The molecule has 0 saturated carbocycles. The number of rotatable bonds is 5. The number of hydrazine groups is 1. The van der Waals surface area contributed by atoms with Crippen LogP contribution in [0.1, 0.15) is 106 Å². The third-order valence-corrected chi connectivity index (χ3v) is 5.37. The maximum atomic E-state index is 12.4. The number of benzene rings is 1. The van der Waals surface area contributed by atoms with Crippen LogP contribution in [0.2, 0.25) is 0 Å². The van der Waals surface area contributed by atoms with Gasteiger partial charge in [-0.25, -0.2) is 0 Å². The van der Waals surface area contributed by atoms with Crippen molar-refractivity contribution in [3.8, 4) is 5.75 Å². The van der Waals surface area contributed by atoms with Crippen LogP contribution in [0.5, 0.6) is 5.75 Å². The molecule has 1 aromatic carbocycles. The van der Waals surface area contributed by atoms with Gasteiger partial charge in [0.1, 0.15) is 5.75 Å². The van der Waals surface area contributed by atoms with Gasteiger partial charge in [-0.3, -0.25) is 15.6 Å². The van der Waals surface area contributed by atoms with Crippen LogP contribution >= 0.6 is 12.2 Å². The highest BCUT2D eigenvalue weighted by Crippen LogP contribution is 2.40. The minimum atomic E-state index is -0.193. The molecule has 0 radical (unpaired) electrons. The SMILES string of the molecule is CC(C)(C)CC(C)(C)NC(=S)NNC(=O)CCc1cc(C(C)(C)C)c(O)c(C(C)(C)C)c1. The summed E-state index contributed by atoms with van der Waals surface area (Å²) in [6.07, 6.45) is 1.83. The van der Waals surface area contributed by atoms with Gasteiger partial charge in [-0.15, -0.1) is 0 Å². The Morgan fingerprint density at radius 1 is 0.875 bits per heavy atom. The van der Waals surface area contributed by atoms with E-state index in [1.807, 2.05) is 12.1 Å². The number of hydrogen-bond acceptors (Lipinski definition) is 3. The lowest BCUT2D eigenvalue weighted by Crippen LogP contribution is -2.54. The summed E-state index contributed by atoms with van der Waals surface area (Å²) in [6.45, 7) is 23.3. The van der Waals surface area contributed by atoms with Gasteiger partial charge in [0.25, 0.3) is 0 Å². The van der Waals surface area contributed by atoms with E-state index in [2.05, 4.69) is 92.3 Å². The van der Waals surface area contributed by atoms with Gasteiger partial charge in [-0.05, 0) is 71.8 Å². The summed E-state index contributed by atoms with van der Waals surface area (Å²) in [5.41, 5.74) is 7.96. The summed E-state index contributed by atoms with van der Waals surface area (Å²) in [6, 6.07) is 4.04. The number of amides is 1. The summed E-state index contributed by atoms with van der Waals surface area (Å²) in [7, 11) is 0. The zero-order chi connectivity index (χ0) is 25.1. The Balaban J connectivity index is 2.78. The van der Waals surface area contributed by atoms with Crippen molar-refractivity contribution in [3.63, 3.8) is 0 Å². The predicted octanol–water partition coefficient (Wildman–Crippen LogP) is 5.63. The normalized spacial score (nSPS) is 13.0. The van der Waals surface area contributed by atoms with Crippen molar-refractivity contribution < 1.29 is 9.90 Å². The van der Waals surface area contributed by atoms with E-state index in [1.54, 1.807) is 0 Å². The number of aryl methyl sites for hydroxylation is 1. The number of thiocarbonyl (C=S) groups is 1. The zero-order valence-electron chi connectivity index (χ0n) is 22.0. The highest BCUT2D eigenvalue weighted by atomic mass is 32.1. The molecule has 0 saturated heterocycles. The van der Waals surface area contributed by atoms with E-state index >= 15 is 0 Å². The van der Waals surface area contributed by atoms with Crippen LogP contribution in [0.15, 0.2) is 12.1 Å². The summed E-state index contributed by atoms with van der Waals surface area (Å²) in [4.78, 5) is 12.4. The van der Waals surface area contributed by atoms with Crippen LogP contribution in [0.25, 0.3) is 0 Å². The van der Waals surface area contributed by atoms with Crippen LogP contribution in [0.4, 0.5) is 0 Å². The summed E-state index contributed by atoms with van der Waals surface area (Å²) in [5.74, 6) is 0.222. The van der Waals surface area contributed by atoms with Crippen molar-refractivity contribution >= 4 is 23.2 Å². The fourth-order valence-electron chi connectivity index (χ4n) is 4.14. The van der Waals surface area contributed by atoms with Crippen molar-refractivity contribution in [2.24, 2.45) is 5.41 Å². The minimum absolute atomic E-state index is 0.134. The van der Waals surface area contributed by atoms with E-state index in [9.17, 15) is 9.90 Å². The Kier molecular flexibility index (Phi) is 8.80. The molecule has 0 spiro atoms. The predicted molar refractivity (Wildman–Crippen MR) is 139 cm³/mol. The number of hydrogen-bond donors (Lipinski definition) is 4. The molecular weight excluding hydrogens is 418 g/mol. The number of nitrogens with one attached hydrogen (secondary N) is 3. The van der Waals surface area contributed by atoms with E-state index in [-0.39, 0.29) is 27.7 Å². The zero-order valence-corrected chi connectivity index (χ0v) is 22.9. The summed E-state index contributed by atoms with van der Waals surface area (Å²) < 4.78 is 0. The molecule has 1 aromatic rings. The Labute approximate surface area is 201 Å². The van der Waals surface area contributed by atoms with Gasteiger partial charge < -0.3 is 10.4 Å². The second-order valence-electron chi connectivity index (χ2n) is 12.8. The molecule has 0 aliphatic carbocycles. The molecule has 0 aliphatic rings. The van der Waals surface area contributed by atoms with Gasteiger partial charge in [0.05, 0.1) is 0 Å². The monoisotopic (exact) mass is 463 g/mol. The van der Waals surface area contributed by atoms with E-state index in [1.165, 1.54) is 0 Å². The van der Waals surface area contributed by atoms with Gasteiger partial charge in [-0.1, -0.05) is 74.4 Å². The average Bonchev–Trinajstić information content (AvgIpc) is 2.54. The molecule has 1 rings (SSSR count). The van der Waals surface area contributed by atoms with Crippen molar-refractivity contribution in [3.05, 3.63) is 28.8 Å². The largest absolute Gasteiger partial charge is 0.507 e. The maximum Gasteiger partial charge on any atom is 0.238 e. The molecule has 1 amide bonds. The molecule has 0 bridgehead atoms. The van der Waals surface area contributed by atoms with Gasteiger partial charge in [0.2, 0.25) is 5.91 Å². The third kappa shape index (κ3) is 9.35. The van der Waals surface area contributed by atoms with Gasteiger partial charge in [-0.2, -0.15) is 0 Å². The van der Waals surface area contributed by atoms with Crippen LogP contribution < -0.4 is 16.2 Å². The van der Waals surface area contributed by atoms with Crippen molar-refractivity contribution in [2.45, 2.75) is 112 Å². The van der Waals surface area contributed by atoms with Crippen molar-refractivity contribution in [1.29, 1.82) is 0 Å². The quantitative estimate of drug-likeness (QED) is 0.336. The van der Waals surface area contributed by atoms with Crippen LogP contribution in [-0.2, 0) is 22.0 Å². The molecule has 6 heteroatoms. The van der Waals surface area contributed by atoms with Crippen LogP contribution in [-0.4, -0.2) is 21.7 Å². The number of phenols is 1. The van der Waals surface area contributed by atoms with Crippen LogP contribution in [0.3, 0.4) is 0 Å². The lowest BCUT2D eigenvalue weighted by molar-refractivity contribution is -0.121. The van der Waals surface area contributed by atoms with Crippen molar-refractivity contribution in [2.75, 3.05) is 0 Å². The minimum Gasteiger partial charge on any atom is -0.507 e. The molecule has 4 N–H and O–H groups in total. The molecule has 0 aromatic heterocycles. The van der Waals surface area contributed by atoms with Gasteiger partial charge in [0, 0.05) is 12.0 Å². The molecular formula is C26H45N3O2S. The van der Waals surface area contributed by atoms with E-state index in [0.717, 1.165) is 23.1 Å². The molecule has 0 heterocycles. The standard InChI is InChI=1S/C26H45N3O2S/c1-23(2,3)16-26(10,11)27-22(32)29-28-20(30)13-12-17-14-18(24(4,5)6)21(31)19(15-17)25(7,8)9/h14-15,31H,12-13,16H2,1-11H3,(H,28,30)(H2,27,29,32). The molecule has 32 heavy (non-hydrogen) atoms. The maximum absolute atomic E-state index is 12.4. The Bertz CT molecular complexity index is 790. The van der Waals surface area contributed by atoms with E-state index < -0.39 is 0 Å². The number of phenolic OH excluding ortho intramolecular Hbond substituents is 1. The van der Waals surface area contributed by atoms with E-state index in [0.29, 0.717) is 23.7 Å². The number of carbonyl (C=O) groups is 1. The third-order valence-electron chi connectivity index (χ3n) is 5.17. The highest BCUT2D eigenvalue weighted by Gasteiger charge is 2.27. The fraction of sp³-hybridized carbons (Fsp3) is 0.692. The van der Waals surface area contributed by atoms with Crippen molar-refractivity contribution in [1.82, 2.24) is 16.2 Å². The molecule has 0 unspecified atom stereocenters. The second-order valence-corrected chi connectivity index (χ2v) is 13.2. The summed E-state index contributed by atoms with van der Waals surface area (Å²) >= 11 is 5.35. The van der Waals surface area contributed by atoms with Crippen LogP contribution in [0, 0.1) is 5.41 Å². The number of carbonyl (C=O) groups excluding carboxylic acids is 1. The highest BCUT2D eigenvalue weighted by molar-refractivity contribution is 7.80. The molecule has 5 nitrogen and oxygen atoms in total.